The second-order valence-corrected chi connectivity index (χ2v) is 12.4. The van der Waals surface area contributed by atoms with E-state index in [-0.39, 0.29) is 28.6 Å². The summed E-state index contributed by atoms with van der Waals surface area (Å²) in [6, 6.07) is 4.13. The number of β-lactam (4-membered cyclic amide) rings is 1. The summed E-state index contributed by atoms with van der Waals surface area (Å²) < 4.78 is 23.2. The Hall–Kier alpha value is -3.52. The van der Waals surface area contributed by atoms with E-state index >= 15 is 0 Å². The lowest BCUT2D eigenvalue weighted by molar-refractivity contribution is -0.150. The zero-order valence-electron chi connectivity index (χ0n) is 19.9. The van der Waals surface area contributed by atoms with Crippen LogP contribution in [0, 0.1) is 0 Å². The van der Waals surface area contributed by atoms with E-state index in [0.29, 0.717) is 17.7 Å². The number of carboxylic acids is 1. The first-order valence-corrected chi connectivity index (χ1v) is 14.8. The standard InChI is InChI=1S/C20H23N9O7S3/c21-13(9-2-1-3-10(6-9)23-8-30)16(31)24-14-17(32)29-15(19(33)34)11(7-37-18(14)29)12(4-5-39(22,35)36)38-20-25-27-28-26-20/h1-3,6,8,12-14,18H,4-5,7,21H2,(H,23,30)(H,24,31)(H,33,34)(H2,22,35,36)(H,25,26,27,28)/t12?,13?,14?,18-/m0/s1. The van der Waals surface area contributed by atoms with Gasteiger partial charge in [0.05, 0.1) is 5.75 Å². The van der Waals surface area contributed by atoms with E-state index in [1.54, 1.807) is 18.2 Å². The molecule has 1 fully saturated rings. The topological polar surface area (TPSA) is 256 Å². The zero-order chi connectivity index (χ0) is 28.3. The SMILES string of the molecule is NC(C(=O)NC1C(=O)N2C(C(=O)O)=C(C(CCS(N)(=O)=O)Sc3nn[nH]n3)CS[C@@H]12)c1cccc(NC=O)c1. The Morgan fingerprint density at radius 3 is 2.79 bits per heavy atom. The number of sulfonamides is 1. The Kier molecular flexibility index (Phi) is 8.54. The van der Waals surface area contributed by atoms with Crippen molar-refractivity contribution in [2.24, 2.45) is 10.9 Å². The highest BCUT2D eigenvalue weighted by atomic mass is 32.2. The fourth-order valence-corrected chi connectivity index (χ4v) is 7.33. The molecule has 19 heteroatoms. The lowest BCUT2D eigenvalue weighted by atomic mass is 9.99. The molecule has 3 amide bonds. The van der Waals surface area contributed by atoms with Crippen LogP contribution in [0.2, 0.25) is 0 Å². The molecule has 1 aromatic carbocycles. The number of aliphatic carboxylic acids is 1. The molecule has 2 aliphatic rings. The number of benzene rings is 1. The van der Waals surface area contributed by atoms with Gasteiger partial charge in [-0.2, -0.15) is 5.21 Å². The number of carbonyl (C=O) groups excluding carboxylic acids is 3. The Morgan fingerprint density at radius 2 is 2.15 bits per heavy atom. The highest BCUT2D eigenvalue weighted by Gasteiger charge is 2.55. The summed E-state index contributed by atoms with van der Waals surface area (Å²) >= 11 is 2.20. The van der Waals surface area contributed by atoms with Gasteiger partial charge >= 0.3 is 5.97 Å². The van der Waals surface area contributed by atoms with Crippen LogP contribution in [0.15, 0.2) is 40.7 Å². The minimum absolute atomic E-state index is 0.0650. The number of rotatable bonds is 12. The van der Waals surface area contributed by atoms with E-state index in [1.165, 1.54) is 17.8 Å². The maximum absolute atomic E-state index is 13.1. The smallest absolute Gasteiger partial charge is 0.352 e. The van der Waals surface area contributed by atoms with Crippen LogP contribution in [0.3, 0.4) is 0 Å². The van der Waals surface area contributed by atoms with Gasteiger partial charge in [0.25, 0.3) is 5.91 Å². The number of aromatic amines is 1. The van der Waals surface area contributed by atoms with Gasteiger partial charge < -0.3 is 21.5 Å². The molecule has 208 valence electrons. The fraction of sp³-hybridized carbons (Fsp3) is 0.350. The minimum Gasteiger partial charge on any atom is -0.477 e. The zero-order valence-corrected chi connectivity index (χ0v) is 22.3. The highest BCUT2D eigenvalue weighted by molar-refractivity contribution is 8.01. The first-order chi connectivity index (χ1) is 18.5. The largest absolute Gasteiger partial charge is 0.477 e. The number of hydrogen-bond donors (Lipinski definition) is 6. The number of carbonyl (C=O) groups is 4. The molecule has 0 saturated carbocycles. The summed E-state index contributed by atoms with van der Waals surface area (Å²) in [6.07, 6.45) is 0.416. The van der Waals surface area contributed by atoms with Crippen molar-refractivity contribution in [2.45, 2.75) is 34.3 Å². The van der Waals surface area contributed by atoms with Crippen LogP contribution in [0.25, 0.3) is 0 Å². The fourth-order valence-electron chi connectivity index (χ4n) is 4.08. The number of H-pyrrole nitrogens is 1. The first-order valence-electron chi connectivity index (χ1n) is 11.2. The summed E-state index contributed by atoms with van der Waals surface area (Å²) in [5.41, 5.74) is 6.88. The van der Waals surface area contributed by atoms with Gasteiger partial charge in [-0.1, -0.05) is 23.9 Å². The van der Waals surface area contributed by atoms with Crippen molar-refractivity contribution in [3.05, 3.63) is 41.1 Å². The predicted molar refractivity (Wildman–Crippen MR) is 139 cm³/mol. The Balaban J connectivity index is 1.54. The van der Waals surface area contributed by atoms with E-state index in [9.17, 15) is 32.7 Å². The molecule has 2 aromatic rings. The van der Waals surface area contributed by atoms with Crippen molar-refractivity contribution in [1.82, 2.24) is 30.8 Å². The number of tetrazole rings is 1. The third-order valence-electron chi connectivity index (χ3n) is 5.88. The van der Waals surface area contributed by atoms with Gasteiger partial charge in [0.1, 0.15) is 23.2 Å². The number of primary sulfonamides is 1. The van der Waals surface area contributed by atoms with Crippen molar-refractivity contribution in [2.75, 3.05) is 16.8 Å². The average Bonchev–Trinajstić information content (AvgIpc) is 3.41. The van der Waals surface area contributed by atoms with E-state index in [2.05, 4.69) is 31.3 Å². The molecule has 0 aliphatic carbocycles. The van der Waals surface area contributed by atoms with Gasteiger partial charge in [-0.25, -0.2) is 18.4 Å². The maximum atomic E-state index is 13.1. The third-order valence-corrected chi connectivity index (χ3v) is 9.17. The van der Waals surface area contributed by atoms with Crippen LogP contribution in [0.4, 0.5) is 5.69 Å². The normalized spacial score (nSPS) is 20.5. The molecule has 1 aromatic heterocycles. The van der Waals surface area contributed by atoms with Crippen molar-refractivity contribution in [3.8, 4) is 0 Å². The molecule has 0 spiro atoms. The number of nitrogens with one attached hydrogen (secondary N) is 3. The quantitative estimate of drug-likeness (QED) is 0.0911. The maximum Gasteiger partial charge on any atom is 0.352 e. The second-order valence-electron chi connectivity index (χ2n) is 8.40. The van der Waals surface area contributed by atoms with Crippen molar-refractivity contribution < 1.29 is 32.7 Å². The van der Waals surface area contributed by atoms with Crippen molar-refractivity contribution in [1.29, 1.82) is 0 Å². The predicted octanol–water partition coefficient (Wildman–Crippen LogP) is -1.65. The Labute approximate surface area is 229 Å². The first kappa shape index (κ1) is 28.5. The van der Waals surface area contributed by atoms with E-state index < -0.39 is 56.3 Å². The van der Waals surface area contributed by atoms with Gasteiger partial charge in [0.2, 0.25) is 27.5 Å². The van der Waals surface area contributed by atoms with E-state index in [1.807, 2.05) is 0 Å². The lowest BCUT2D eigenvalue weighted by Gasteiger charge is -2.50. The number of aromatic nitrogens is 4. The summed E-state index contributed by atoms with van der Waals surface area (Å²) in [6.45, 7) is 0. The van der Waals surface area contributed by atoms with E-state index in [0.717, 1.165) is 16.7 Å². The molecule has 1 saturated heterocycles. The molecule has 3 unspecified atom stereocenters. The van der Waals surface area contributed by atoms with Crippen LogP contribution in [0.1, 0.15) is 18.0 Å². The summed E-state index contributed by atoms with van der Waals surface area (Å²) in [7, 11) is -3.87. The Bertz CT molecular complexity index is 1420. The molecule has 4 rings (SSSR count). The number of nitrogens with two attached hydrogens (primary N) is 2. The van der Waals surface area contributed by atoms with Gasteiger partial charge in [-0.3, -0.25) is 19.3 Å². The van der Waals surface area contributed by atoms with Crippen LogP contribution in [0.5, 0.6) is 0 Å². The number of carboxylic acid groups (broad SMARTS) is 1. The van der Waals surface area contributed by atoms with Gasteiger partial charge in [-0.15, -0.1) is 22.0 Å². The molecular weight excluding hydrogens is 574 g/mol. The second kappa shape index (κ2) is 11.7. The van der Waals surface area contributed by atoms with Gasteiger partial charge in [-0.05, 0) is 34.9 Å². The molecule has 8 N–H and O–H groups in total. The number of amides is 3. The van der Waals surface area contributed by atoms with Crippen LogP contribution in [-0.4, -0.2) is 91.4 Å². The molecule has 0 radical (unpaired) electrons. The molecule has 16 nitrogen and oxygen atoms in total. The van der Waals surface area contributed by atoms with Gasteiger partial charge in [0.15, 0.2) is 0 Å². The molecule has 2 aliphatic heterocycles. The highest BCUT2D eigenvalue weighted by Crippen LogP contribution is 2.44. The summed E-state index contributed by atoms with van der Waals surface area (Å²) in [5.74, 6) is -3.04. The van der Waals surface area contributed by atoms with Gasteiger partial charge in [0, 0.05) is 16.7 Å². The van der Waals surface area contributed by atoms with E-state index in [4.69, 9.17) is 10.9 Å². The monoisotopic (exact) mass is 597 g/mol. The number of anilines is 1. The molecule has 39 heavy (non-hydrogen) atoms. The number of fused-ring (bicyclic) bond motifs is 1. The van der Waals surface area contributed by atoms with Crippen molar-refractivity contribution in [3.63, 3.8) is 0 Å². The number of nitrogens with zero attached hydrogens (tertiary/aromatic N) is 4. The molecule has 4 atom stereocenters. The summed E-state index contributed by atoms with van der Waals surface area (Å²) in [4.78, 5) is 50.0. The number of thioether (sulfide) groups is 2. The Morgan fingerprint density at radius 1 is 1.38 bits per heavy atom. The molecular formula is C20H23N9O7S3. The minimum atomic E-state index is -3.87. The summed E-state index contributed by atoms with van der Waals surface area (Å²) in [5, 5.41) is 32.3. The number of hydrogen-bond acceptors (Lipinski definition) is 12. The van der Waals surface area contributed by atoms with Crippen molar-refractivity contribution >= 4 is 63.4 Å². The van der Waals surface area contributed by atoms with Crippen LogP contribution >= 0.6 is 23.5 Å². The van der Waals surface area contributed by atoms with Crippen LogP contribution < -0.4 is 21.5 Å². The lowest BCUT2D eigenvalue weighted by Crippen LogP contribution is -2.71. The third kappa shape index (κ3) is 6.38. The molecule has 3 heterocycles. The van der Waals surface area contributed by atoms with Crippen LogP contribution in [-0.2, 0) is 29.2 Å². The molecule has 0 bridgehead atoms. The average molecular weight is 598 g/mol.